The molecule has 0 aliphatic heterocycles. The van der Waals surface area contributed by atoms with Gasteiger partial charge in [0.05, 0.1) is 0 Å². The van der Waals surface area contributed by atoms with E-state index in [4.69, 9.17) is 16.3 Å². The van der Waals surface area contributed by atoms with Gasteiger partial charge in [-0.05, 0) is 24.3 Å². The largest absolute Gasteiger partial charge is 0.442 e. The molecule has 1 aromatic carbocycles. The lowest BCUT2D eigenvalue weighted by Gasteiger charge is -2.13. The van der Waals surface area contributed by atoms with E-state index in [9.17, 15) is 4.39 Å². The third-order valence-electron chi connectivity index (χ3n) is 1.51. The van der Waals surface area contributed by atoms with Crippen molar-refractivity contribution in [3.8, 4) is 5.75 Å². The van der Waals surface area contributed by atoms with Crippen LogP contribution < -0.4 is 10.1 Å². The highest BCUT2D eigenvalue weighted by molar-refractivity contribution is 14.2. The first-order chi connectivity index (χ1) is 7.01. The van der Waals surface area contributed by atoms with E-state index in [2.05, 4.69) is 5.32 Å². The number of benzene rings is 1. The number of nitrogens with one attached hydrogen (secondary N) is 1. The molecule has 1 N–H and O–H groups in total. The van der Waals surface area contributed by atoms with Gasteiger partial charge in [-0.1, -0.05) is 0 Å². The minimum Gasteiger partial charge on any atom is -0.442 e. The molecule has 0 aromatic heterocycles. The quantitative estimate of drug-likeness (QED) is 0.532. The Balaban J connectivity index is 2.56. The van der Waals surface area contributed by atoms with Gasteiger partial charge < -0.3 is 10.1 Å². The van der Waals surface area contributed by atoms with Gasteiger partial charge >= 0.3 is 1.87 Å². The molecule has 0 aliphatic carbocycles. The molecule has 0 unspecified atom stereocenters. The fourth-order valence-electron chi connectivity index (χ4n) is 0.966. The third kappa shape index (κ3) is 5.96. The van der Waals surface area contributed by atoms with Crippen LogP contribution in [0.25, 0.3) is 0 Å². The fourth-order valence-corrected chi connectivity index (χ4v) is 1.57. The molecule has 0 heterocycles. The van der Waals surface area contributed by atoms with E-state index >= 15 is 0 Å². The molecule has 6 heteroatoms. The van der Waals surface area contributed by atoms with Crippen molar-refractivity contribution in [2.45, 2.75) is 1.87 Å². The molecule has 0 fully saturated rings. The lowest BCUT2D eigenvalue weighted by Crippen LogP contribution is -2.12. The molecule has 0 aliphatic rings. The second kappa shape index (κ2) is 6.29. The lowest BCUT2D eigenvalue weighted by molar-refractivity contribution is 0.154. The van der Waals surface area contributed by atoms with E-state index in [1.165, 1.54) is 0 Å². The molecule has 2 nitrogen and oxygen atoms in total. The number of ether oxygens (including phenoxy) is 1. The second-order valence-corrected chi connectivity index (χ2v) is 7.91. The zero-order valence-electron chi connectivity index (χ0n) is 7.64. The summed E-state index contributed by atoms with van der Waals surface area (Å²) in [5, 5.41) is 3.10. The Kier molecular flexibility index (Phi) is 5.69. The molecule has 0 saturated heterocycles. The van der Waals surface area contributed by atoms with Crippen LogP contribution in [-0.2, 0) is 0 Å². The van der Waals surface area contributed by atoms with E-state index in [-0.39, 0.29) is 0 Å². The van der Waals surface area contributed by atoms with Gasteiger partial charge in [0.2, 0.25) is 0 Å². The van der Waals surface area contributed by atoms with Crippen LogP contribution in [0.1, 0.15) is 0 Å². The van der Waals surface area contributed by atoms with E-state index < -0.39 is 1.87 Å². The summed E-state index contributed by atoms with van der Waals surface area (Å²) in [7, 11) is 0. The van der Waals surface area contributed by atoms with Gasteiger partial charge in [-0.2, -0.15) is 4.39 Å². The summed E-state index contributed by atoms with van der Waals surface area (Å²) in [6, 6.07) is 7.06. The summed E-state index contributed by atoms with van der Waals surface area (Å²) in [4.78, 5) is 0. The van der Waals surface area contributed by atoms with Crippen molar-refractivity contribution in [1.82, 2.24) is 0 Å². The summed E-state index contributed by atoms with van der Waals surface area (Å²) >= 11 is 8.68. The predicted molar refractivity (Wildman–Crippen MR) is 78.2 cm³/mol. The van der Waals surface area contributed by atoms with Gasteiger partial charge in [0.15, 0.2) is 0 Å². The molecular weight excluding hydrogens is 446 g/mol. The zero-order chi connectivity index (χ0) is 11.3. The van der Waals surface area contributed by atoms with Gasteiger partial charge in [-0.15, -0.1) is 11.6 Å². The summed E-state index contributed by atoms with van der Waals surface area (Å²) in [5.41, 5.74) is 0.939. The number of anilines is 1. The number of alkyl halides is 4. The number of halogens is 4. The van der Waals surface area contributed by atoms with Crippen LogP contribution in [0.15, 0.2) is 24.3 Å². The van der Waals surface area contributed by atoms with Crippen molar-refractivity contribution >= 4 is 62.5 Å². The second-order valence-electron chi connectivity index (χ2n) is 2.69. The van der Waals surface area contributed by atoms with Crippen molar-refractivity contribution in [3.63, 3.8) is 0 Å². The summed E-state index contributed by atoms with van der Waals surface area (Å²) in [6.45, 7) is 0.702. The number of hydrogen-bond donors (Lipinski definition) is 1. The predicted octanol–water partition coefficient (Wildman–Crippen LogP) is 4.17. The highest BCUT2D eigenvalue weighted by Crippen LogP contribution is 2.32. The van der Waals surface area contributed by atoms with E-state index in [1.807, 2.05) is 12.1 Å². The van der Waals surface area contributed by atoms with E-state index in [1.54, 1.807) is 57.3 Å². The van der Waals surface area contributed by atoms with Crippen LogP contribution in [0.2, 0.25) is 0 Å². The van der Waals surface area contributed by atoms with Gasteiger partial charge in [0.25, 0.3) is 0 Å². The van der Waals surface area contributed by atoms with Crippen molar-refractivity contribution in [2.75, 3.05) is 17.7 Å². The molecule has 0 spiro atoms. The Bertz CT molecular complexity index is 302. The maximum Gasteiger partial charge on any atom is 0.350 e. The first-order valence-corrected chi connectivity index (χ1v) is 6.86. The van der Waals surface area contributed by atoms with Crippen molar-refractivity contribution < 1.29 is 9.13 Å². The highest BCUT2D eigenvalue weighted by atomic mass is 127. The average molecular weight is 455 g/mol. The standard InChI is InChI=1S/C9H9ClFI2NO/c10-5-6-14-7-1-3-8(4-2-7)15-9(11,12)13/h1-4,14H,5-6H2. The molecule has 1 aromatic rings. The average Bonchev–Trinajstić information content (AvgIpc) is 2.14. The van der Waals surface area contributed by atoms with Crippen molar-refractivity contribution in [2.24, 2.45) is 0 Å². The Labute approximate surface area is 120 Å². The summed E-state index contributed by atoms with van der Waals surface area (Å²) in [5.74, 6) is 1.05. The summed E-state index contributed by atoms with van der Waals surface area (Å²) in [6.07, 6.45) is 0. The van der Waals surface area contributed by atoms with Gasteiger partial charge in [-0.3, -0.25) is 0 Å². The Morgan fingerprint density at radius 1 is 1.33 bits per heavy atom. The smallest absolute Gasteiger partial charge is 0.350 e. The van der Waals surface area contributed by atoms with Crippen molar-refractivity contribution in [1.29, 1.82) is 0 Å². The normalized spacial score (nSPS) is 11.2. The molecular formula is C9H9ClFI2NO. The van der Waals surface area contributed by atoms with E-state index in [0.29, 0.717) is 18.2 Å². The van der Waals surface area contributed by atoms with Crippen LogP contribution in [-0.4, -0.2) is 14.3 Å². The molecule has 0 saturated carbocycles. The van der Waals surface area contributed by atoms with Crippen molar-refractivity contribution in [3.05, 3.63) is 24.3 Å². The fraction of sp³-hybridized carbons (Fsp3) is 0.333. The maximum absolute atomic E-state index is 13.1. The van der Waals surface area contributed by atoms with Gasteiger partial charge in [0.1, 0.15) is 5.75 Å². The molecule has 15 heavy (non-hydrogen) atoms. The molecule has 0 amide bonds. The van der Waals surface area contributed by atoms with Crippen LogP contribution in [0.3, 0.4) is 0 Å². The minimum absolute atomic E-state index is 0.498. The van der Waals surface area contributed by atoms with Crippen LogP contribution >= 0.6 is 56.8 Å². The molecule has 84 valence electrons. The number of rotatable bonds is 5. The lowest BCUT2D eigenvalue weighted by atomic mass is 10.3. The van der Waals surface area contributed by atoms with Crippen LogP contribution in [0.5, 0.6) is 5.75 Å². The molecule has 0 radical (unpaired) electrons. The van der Waals surface area contributed by atoms with Gasteiger partial charge in [0, 0.05) is 63.3 Å². The van der Waals surface area contributed by atoms with E-state index in [0.717, 1.165) is 5.69 Å². The van der Waals surface area contributed by atoms with Crippen LogP contribution in [0, 0.1) is 0 Å². The Morgan fingerprint density at radius 3 is 2.40 bits per heavy atom. The highest BCUT2D eigenvalue weighted by Gasteiger charge is 2.21. The van der Waals surface area contributed by atoms with Gasteiger partial charge in [-0.25, -0.2) is 0 Å². The molecule has 1 rings (SSSR count). The minimum atomic E-state index is -1.71. The van der Waals surface area contributed by atoms with Crippen LogP contribution in [0.4, 0.5) is 10.1 Å². The molecule has 0 atom stereocenters. The Hall–Kier alpha value is 0.500. The summed E-state index contributed by atoms with van der Waals surface area (Å²) < 4.78 is 16.4. The maximum atomic E-state index is 13.1. The Morgan fingerprint density at radius 2 is 1.93 bits per heavy atom. The number of hydrogen-bond acceptors (Lipinski definition) is 2. The zero-order valence-corrected chi connectivity index (χ0v) is 12.7. The first kappa shape index (κ1) is 13.6. The topological polar surface area (TPSA) is 21.3 Å². The molecule has 0 bridgehead atoms. The third-order valence-corrected chi connectivity index (χ3v) is 2.14. The first-order valence-electron chi connectivity index (χ1n) is 4.17. The SMILES string of the molecule is FC(I)(I)Oc1ccc(NCCCl)cc1. The monoisotopic (exact) mass is 455 g/mol.